The first-order valence-electron chi connectivity index (χ1n) is 8.15. The summed E-state index contributed by atoms with van der Waals surface area (Å²) in [5.74, 6) is -0.111. The van der Waals surface area contributed by atoms with Gasteiger partial charge in [0.15, 0.2) is 16.1 Å². The molecule has 1 aliphatic heterocycles. The fraction of sp³-hybridized carbons (Fsp3) is 0.562. The molecule has 2 aromatic heterocycles. The van der Waals surface area contributed by atoms with Crippen molar-refractivity contribution in [3.05, 3.63) is 11.0 Å². The van der Waals surface area contributed by atoms with Crippen LogP contribution in [0.15, 0.2) is 5.16 Å². The van der Waals surface area contributed by atoms with E-state index in [1.807, 2.05) is 4.90 Å². The van der Waals surface area contributed by atoms with Gasteiger partial charge < -0.3 is 19.5 Å². The van der Waals surface area contributed by atoms with Crippen molar-refractivity contribution in [3.63, 3.8) is 0 Å². The summed E-state index contributed by atoms with van der Waals surface area (Å²) in [5.41, 5.74) is -1.02. The van der Waals surface area contributed by atoms with Crippen LogP contribution in [0.1, 0.15) is 13.8 Å². The number of rotatable bonds is 4. The fourth-order valence-electron chi connectivity index (χ4n) is 2.82. The summed E-state index contributed by atoms with van der Waals surface area (Å²) in [5, 5.41) is 10.9. The van der Waals surface area contributed by atoms with Gasteiger partial charge >= 0.3 is 0 Å². The van der Waals surface area contributed by atoms with Crippen LogP contribution < -0.4 is 9.64 Å². The predicted molar refractivity (Wildman–Crippen MR) is 98.9 cm³/mol. The SMILES string of the molecule is CCOc1nc(Cl)c(F)c2nc(SC)nc(N3CCOC[C@@](C)(O)C3)c12. The number of fused-ring (bicyclic) bond motifs is 1. The molecule has 0 aliphatic carbocycles. The third-order valence-electron chi connectivity index (χ3n) is 3.89. The number of thioether (sulfide) groups is 1. The van der Waals surface area contributed by atoms with E-state index in [0.29, 0.717) is 36.1 Å². The van der Waals surface area contributed by atoms with Gasteiger partial charge in [-0.15, -0.1) is 0 Å². The van der Waals surface area contributed by atoms with E-state index >= 15 is 0 Å². The van der Waals surface area contributed by atoms with E-state index in [1.54, 1.807) is 20.1 Å². The molecule has 1 fully saturated rings. The van der Waals surface area contributed by atoms with Crippen LogP contribution >= 0.6 is 23.4 Å². The number of nitrogens with zero attached hydrogens (tertiary/aromatic N) is 4. The molecular weight excluding hydrogens is 383 g/mol. The smallest absolute Gasteiger partial charge is 0.228 e. The number of halogens is 2. The Labute approximate surface area is 159 Å². The second-order valence-corrected chi connectivity index (χ2v) is 7.31. The average Bonchev–Trinajstić information content (AvgIpc) is 2.79. The Bertz CT molecular complexity index is 824. The number of pyridine rings is 1. The highest BCUT2D eigenvalue weighted by Crippen LogP contribution is 2.37. The van der Waals surface area contributed by atoms with Gasteiger partial charge in [0.2, 0.25) is 5.88 Å². The maximum Gasteiger partial charge on any atom is 0.228 e. The molecule has 0 radical (unpaired) electrons. The molecule has 1 atom stereocenters. The number of aromatic nitrogens is 3. The highest BCUT2D eigenvalue weighted by molar-refractivity contribution is 7.98. The molecule has 142 valence electrons. The summed E-state index contributed by atoms with van der Waals surface area (Å²) in [6, 6.07) is 0. The third-order valence-corrected chi connectivity index (χ3v) is 4.68. The molecule has 0 spiro atoms. The van der Waals surface area contributed by atoms with E-state index in [-0.39, 0.29) is 29.7 Å². The lowest BCUT2D eigenvalue weighted by atomic mass is 10.1. The Morgan fingerprint density at radius 1 is 1.42 bits per heavy atom. The monoisotopic (exact) mass is 402 g/mol. The number of hydrogen-bond donors (Lipinski definition) is 1. The zero-order valence-electron chi connectivity index (χ0n) is 14.8. The van der Waals surface area contributed by atoms with Crippen molar-refractivity contribution in [3.8, 4) is 5.88 Å². The Morgan fingerprint density at radius 3 is 2.88 bits per heavy atom. The van der Waals surface area contributed by atoms with E-state index < -0.39 is 11.4 Å². The summed E-state index contributed by atoms with van der Waals surface area (Å²) in [7, 11) is 0. The second-order valence-electron chi connectivity index (χ2n) is 6.18. The summed E-state index contributed by atoms with van der Waals surface area (Å²) in [4.78, 5) is 14.7. The number of aliphatic hydroxyl groups is 1. The molecule has 0 bridgehead atoms. The molecule has 0 aromatic carbocycles. The van der Waals surface area contributed by atoms with Crippen LogP contribution in [0.4, 0.5) is 10.2 Å². The van der Waals surface area contributed by atoms with E-state index in [4.69, 9.17) is 21.1 Å². The maximum absolute atomic E-state index is 14.7. The first-order chi connectivity index (χ1) is 12.4. The lowest BCUT2D eigenvalue weighted by Crippen LogP contribution is -2.42. The van der Waals surface area contributed by atoms with Crippen molar-refractivity contribution in [2.24, 2.45) is 0 Å². The minimum atomic E-state index is -1.07. The van der Waals surface area contributed by atoms with Crippen LogP contribution in [0.3, 0.4) is 0 Å². The second kappa shape index (κ2) is 7.67. The molecule has 0 amide bonds. The van der Waals surface area contributed by atoms with Gasteiger partial charge in [0.25, 0.3) is 0 Å². The van der Waals surface area contributed by atoms with Crippen molar-refractivity contribution in [2.45, 2.75) is 24.6 Å². The quantitative estimate of drug-likeness (QED) is 0.474. The zero-order valence-corrected chi connectivity index (χ0v) is 16.3. The van der Waals surface area contributed by atoms with Crippen LogP contribution in [0.25, 0.3) is 10.9 Å². The zero-order chi connectivity index (χ0) is 18.9. The first-order valence-corrected chi connectivity index (χ1v) is 9.75. The first kappa shape index (κ1) is 19.3. The number of hydrogen-bond acceptors (Lipinski definition) is 8. The molecule has 1 aliphatic rings. The Kier molecular flexibility index (Phi) is 5.71. The summed E-state index contributed by atoms with van der Waals surface area (Å²) >= 11 is 7.21. The molecule has 1 saturated heterocycles. The van der Waals surface area contributed by atoms with Crippen LogP contribution in [-0.4, -0.2) is 64.8 Å². The molecule has 3 rings (SSSR count). The van der Waals surface area contributed by atoms with E-state index in [9.17, 15) is 9.50 Å². The van der Waals surface area contributed by atoms with Crippen LogP contribution in [-0.2, 0) is 4.74 Å². The van der Waals surface area contributed by atoms with Crippen LogP contribution in [0.5, 0.6) is 5.88 Å². The van der Waals surface area contributed by atoms with Gasteiger partial charge in [-0.2, -0.15) is 4.98 Å². The topological polar surface area (TPSA) is 80.6 Å². The molecule has 1 N–H and O–H groups in total. The average molecular weight is 403 g/mol. The lowest BCUT2D eigenvalue weighted by molar-refractivity contribution is -0.0123. The highest BCUT2D eigenvalue weighted by atomic mass is 35.5. The van der Waals surface area contributed by atoms with Gasteiger partial charge in [-0.1, -0.05) is 23.4 Å². The molecule has 0 saturated carbocycles. The normalized spacial score (nSPS) is 21.1. The van der Waals surface area contributed by atoms with Crippen molar-refractivity contribution < 1.29 is 19.0 Å². The molecular formula is C16H20ClFN4O3S. The minimum absolute atomic E-state index is 0.0487. The number of anilines is 1. The highest BCUT2D eigenvalue weighted by Gasteiger charge is 2.31. The molecule has 26 heavy (non-hydrogen) atoms. The van der Waals surface area contributed by atoms with Crippen molar-refractivity contribution in [1.29, 1.82) is 0 Å². The standard InChI is InChI=1S/C16H20ClFN4O3S/c1-4-25-14-9-11(10(18)12(17)20-14)19-15(26-3)21-13(9)22-5-6-24-8-16(2,23)7-22/h23H,4-8H2,1-3H3/t16-/m0/s1. The van der Waals surface area contributed by atoms with E-state index in [1.165, 1.54) is 11.8 Å². The molecule has 3 heterocycles. The van der Waals surface area contributed by atoms with Gasteiger partial charge in [0.1, 0.15) is 22.3 Å². The summed E-state index contributed by atoms with van der Waals surface area (Å²) < 4.78 is 25.7. The van der Waals surface area contributed by atoms with Gasteiger partial charge in [-0.25, -0.2) is 14.4 Å². The van der Waals surface area contributed by atoms with Gasteiger partial charge in [0.05, 0.1) is 26.4 Å². The fourth-order valence-corrected chi connectivity index (χ4v) is 3.35. The van der Waals surface area contributed by atoms with Crippen molar-refractivity contribution in [2.75, 3.05) is 44.1 Å². The van der Waals surface area contributed by atoms with Crippen LogP contribution in [0, 0.1) is 5.82 Å². The Balaban J connectivity index is 2.27. The number of ether oxygens (including phenoxy) is 2. The molecule has 10 heteroatoms. The lowest BCUT2D eigenvalue weighted by Gasteiger charge is -2.29. The Hall–Kier alpha value is -1.42. The molecule has 0 unspecified atom stereocenters. The third kappa shape index (κ3) is 3.80. The van der Waals surface area contributed by atoms with E-state index in [0.717, 1.165) is 0 Å². The molecule has 7 nitrogen and oxygen atoms in total. The van der Waals surface area contributed by atoms with Crippen LogP contribution in [0.2, 0.25) is 5.15 Å². The van der Waals surface area contributed by atoms with Gasteiger partial charge in [0, 0.05) is 6.54 Å². The van der Waals surface area contributed by atoms with Gasteiger partial charge in [-0.05, 0) is 20.1 Å². The summed E-state index contributed by atoms with van der Waals surface area (Å²) in [6.07, 6.45) is 1.80. The predicted octanol–water partition coefficient (Wildman–Crippen LogP) is 2.53. The Morgan fingerprint density at radius 2 is 2.19 bits per heavy atom. The largest absolute Gasteiger partial charge is 0.477 e. The minimum Gasteiger partial charge on any atom is -0.477 e. The summed E-state index contributed by atoms with van der Waals surface area (Å²) in [6.45, 7) is 5.17. The van der Waals surface area contributed by atoms with Crippen molar-refractivity contribution >= 4 is 40.1 Å². The van der Waals surface area contributed by atoms with E-state index in [2.05, 4.69) is 15.0 Å². The molecule has 2 aromatic rings. The maximum atomic E-state index is 14.7. The number of β-amino-alcohol motifs (C(OH)–C–C–N with tert-alkyl or cyclic N) is 1. The van der Waals surface area contributed by atoms with Crippen molar-refractivity contribution in [1.82, 2.24) is 15.0 Å². The van der Waals surface area contributed by atoms with Gasteiger partial charge in [-0.3, -0.25) is 0 Å².